The topological polar surface area (TPSA) is 68.3 Å². The molecule has 104 valence electrons. The molecule has 1 atom stereocenters. The number of carbonyl (C=O) groups is 4. The molecule has 1 aliphatic rings. The lowest BCUT2D eigenvalue weighted by Gasteiger charge is -2.17. The molecule has 0 aromatic heterocycles. The third-order valence-corrected chi connectivity index (χ3v) is 3.75. The zero-order chi connectivity index (χ0) is 14.9. The highest BCUT2D eigenvalue weighted by atomic mass is 16.2. The molecule has 1 aromatic rings. The highest BCUT2D eigenvalue weighted by molar-refractivity contribution is 6.27. The van der Waals surface area contributed by atoms with E-state index in [1.54, 1.807) is 24.3 Å². The molecule has 0 heterocycles. The van der Waals surface area contributed by atoms with Crippen molar-refractivity contribution in [2.24, 2.45) is 11.8 Å². The number of Topliss-reactive ketones (excluding diaryl/α,β-unsaturated/α-hetero) is 4. The van der Waals surface area contributed by atoms with Crippen molar-refractivity contribution in [3.05, 3.63) is 35.4 Å². The van der Waals surface area contributed by atoms with Gasteiger partial charge < -0.3 is 4.79 Å². The fraction of sp³-hybridized carbons (Fsp3) is 0.375. The first-order valence-corrected chi connectivity index (χ1v) is 6.61. The molecule has 4 nitrogen and oxygen atoms in total. The molecule has 0 aliphatic heterocycles. The van der Waals surface area contributed by atoms with E-state index in [-0.39, 0.29) is 36.0 Å². The van der Waals surface area contributed by atoms with Crippen LogP contribution in [0.5, 0.6) is 0 Å². The highest BCUT2D eigenvalue weighted by Gasteiger charge is 2.44. The molecule has 0 N–H and O–H groups in total. The van der Waals surface area contributed by atoms with Crippen molar-refractivity contribution >= 4 is 23.1 Å². The summed E-state index contributed by atoms with van der Waals surface area (Å²) in [5.41, 5.74) is 0.771. The van der Waals surface area contributed by atoms with Crippen LogP contribution < -0.4 is 0 Å². The SMILES string of the molecule is CC(=O)CCC(C(C)=O)C1C(=O)c2ccccc2C1=O. The van der Waals surface area contributed by atoms with E-state index >= 15 is 0 Å². The summed E-state index contributed by atoms with van der Waals surface area (Å²) in [6.07, 6.45) is 0.457. The number of ketones is 4. The molecule has 0 spiro atoms. The Balaban J connectivity index is 2.32. The van der Waals surface area contributed by atoms with Crippen molar-refractivity contribution in [3.63, 3.8) is 0 Å². The Morgan fingerprint density at radius 1 is 1.05 bits per heavy atom. The molecule has 1 aromatic carbocycles. The van der Waals surface area contributed by atoms with E-state index in [0.717, 1.165) is 0 Å². The van der Waals surface area contributed by atoms with Crippen LogP contribution in [-0.4, -0.2) is 23.1 Å². The second-order valence-corrected chi connectivity index (χ2v) is 5.21. The third-order valence-electron chi connectivity index (χ3n) is 3.75. The second kappa shape index (κ2) is 5.49. The van der Waals surface area contributed by atoms with Crippen LogP contribution in [0.3, 0.4) is 0 Å². The molecular weight excluding hydrogens is 256 g/mol. The van der Waals surface area contributed by atoms with Gasteiger partial charge in [0.2, 0.25) is 0 Å². The van der Waals surface area contributed by atoms with Crippen LogP contribution in [-0.2, 0) is 9.59 Å². The first-order valence-electron chi connectivity index (χ1n) is 6.61. The van der Waals surface area contributed by atoms with Gasteiger partial charge in [-0.3, -0.25) is 14.4 Å². The molecule has 1 aliphatic carbocycles. The molecule has 0 saturated heterocycles. The van der Waals surface area contributed by atoms with E-state index in [0.29, 0.717) is 11.1 Å². The molecule has 0 bridgehead atoms. The summed E-state index contributed by atoms with van der Waals surface area (Å²) in [7, 11) is 0. The van der Waals surface area contributed by atoms with Gasteiger partial charge in [-0.1, -0.05) is 24.3 Å². The maximum absolute atomic E-state index is 12.3. The Morgan fingerprint density at radius 2 is 1.55 bits per heavy atom. The van der Waals surface area contributed by atoms with Crippen molar-refractivity contribution < 1.29 is 19.2 Å². The van der Waals surface area contributed by atoms with Crippen molar-refractivity contribution in [2.75, 3.05) is 0 Å². The van der Waals surface area contributed by atoms with Gasteiger partial charge in [-0.2, -0.15) is 0 Å². The first kappa shape index (κ1) is 14.3. The zero-order valence-electron chi connectivity index (χ0n) is 11.5. The Labute approximate surface area is 117 Å². The average molecular weight is 272 g/mol. The van der Waals surface area contributed by atoms with Crippen LogP contribution in [0.1, 0.15) is 47.4 Å². The zero-order valence-corrected chi connectivity index (χ0v) is 11.5. The van der Waals surface area contributed by atoms with E-state index in [1.165, 1.54) is 13.8 Å². The van der Waals surface area contributed by atoms with Crippen LogP contribution in [0, 0.1) is 11.8 Å². The minimum Gasteiger partial charge on any atom is -0.300 e. The average Bonchev–Trinajstić information content (AvgIpc) is 2.64. The monoisotopic (exact) mass is 272 g/mol. The van der Waals surface area contributed by atoms with E-state index in [2.05, 4.69) is 0 Å². The van der Waals surface area contributed by atoms with Gasteiger partial charge in [0.05, 0.1) is 5.92 Å². The van der Waals surface area contributed by atoms with E-state index in [4.69, 9.17) is 0 Å². The Hall–Kier alpha value is -2.10. The van der Waals surface area contributed by atoms with Gasteiger partial charge in [0.25, 0.3) is 0 Å². The molecule has 2 rings (SSSR count). The predicted octanol–water partition coefficient (Wildman–Crippen LogP) is 2.26. The van der Waals surface area contributed by atoms with Crippen LogP contribution in [0.4, 0.5) is 0 Å². The predicted molar refractivity (Wildman–Crippen MR) is 72.7 cm³/mol. The lowest BCUT2D eigenvalue weighted by molar-refractivity contribution is -0.122. The normalized spacial score (nSPS) is 16.1. The lowest BCUT2D eigenvalue weighted by atomic mass is 9.82. The van der Waals surface area contributed by atoms with Gasteiger partial charge in [0.1, 0.15) is 11.6 Å². The minimum atomic E-state index is -0.954. The fourth-order valence-corrected chi connectivity index (χ4v) is 2.70. The second-order valence-electron chi connectivity index (χ2n) is 5.21. The largest absolute Gasteiger partial charge is 0.300 e. The number of hydrogen-bond acceptors (Lipinski definition) is 4. The summed E-state index contributed by atoms with van der Waals surface area (Å²) >= 11 is 0. The van der Waals surface area contributed by atoms with E-state index in [1.807, 2.05) is 0 Å². The number of benzene rings is 1. The van der Waals surface area contributed by atoms with Gasteiger partial charge in [-0.15, -0.1) is 0 Å². The fourth-order valence-electron chi connectivity index (χ4n) is 2.70. The summed E-state index contributed by atoms with van der Waals surface area (Å²) in [4.78, 5) is 47.5. The van der Waals surface area contributed by atoms with Gasteiger partial charge in [0.15, 0.2) is 11.6 Å². The van der Waals surface area contributed by atoms with Crippen molar-refractivity contribution in [3.8, 4) is 0 Å². The maximum Gasteiger partial charge on any atom is 0.175 e. The van der Waals surface area contributed by atoms with E-state index < -0.39 is 11.8 Å². The molecule has 4 heteroatoms. The Morgan fingerprint density at radius 3 is 1.95 bits per heavy atom. The number of rotatable bonds is 5. The summed E-state index contributed by atoms with van der Waals surface area (Å²) < 4.78 is 0. The smallest absolute Gasteiger partial charge is 0.175 e. The molecule has 0 radical (unpaired) electrons. The first-order chi connectivity index (χ1) is 9.43. The summed E-state index contributed by atoms with van der Waals surface area (Å²) in [5.74, 6) is -2.52. The van der Waals surface area contributed by atoms with Gasteiger partial charge in [-0.05, 0) is 20.3 Å². The summed E-state index contributed by atoms with van der Waals surface area (Å²) in [6.45, 7) is 2.80. The van der Waals surface area contributed by atoms with Gasteiger partial charge in [0, 0.05) is 23.5 Å². The molecule has 0 fully saturated rings. The van der Waals surface area contributed by atoms with Crippen molar-refractivity contribution in [1.82, 2.24) is 0 Å². The number of carbonyl (C=O) groups excluding carboxylic acids is 4. The van der Waals surface area contributed by atoms with Crippen LogP contribution in [0.2, 0.25) is 0 Å². The van der Waals surface area contributed by atoms with Gasteiger partial charge in [-0.25, -0.2) is 0 Å². The van der Waals surface area contributed by atoms with Crippen LogP contribution in [0.25, 0.3) is 0 Å². The molecule has 0 saturated carbocycles. The molecule has 1 unspecified atom stereocenters. The third kappa shape index (κ3) is 2.46. The summed E-state index contributed by atoms with van der Waals surface area (Å²) in [6, 6.07) is 6.62. The van der Waals surface area contributed by atoms with Gasteiger partial charge >= 0.3 is 0 Å². The standard InChI is InChI=1S/C16H16O4/c1-9(17)7-8-11(10(2)18)14-15(19)12-5-3-4-6-13(12)16(14)20/h3-6,11,14H,7-8H2,1-2H3. The Kier molecular flexibility index (Phi) is 3.93. The van der Waals surface area contributed by atoms with Crippen LogP contribution >= 0.6 is 0 Å². The minimum absolute atomic E-state index is 0.0494. The number of fused-ring (bicyclic) bond motifs is 1. The van der Waals surface area contributed by atoms with E-state index in [9.17, 15) is 19.2 Å². The molecule has 20 heavy (non-hydrogen) atoms. The van der Waals surface area contributed by atoms with Crippen LogP contribution in [0.15, 0.2) is 24.3 Å². The number of hydrogen-bond donors (Lipinski definition) is 0. The Bertz CT molecular complexity index is 565. The lowest BCUT2D eigenvalue weighted by Crippen LogP contribution is -2.30. The molecular formula is C16H16O4. The van der Waals surface area contributed by atoms with Crippen molar-refractivity contribution in [1.29, 1.82) is 0 Å². The highest BCUT2D eigenvalue weighted by Crippen LogP contribution is 2.34. The quantitative estimate of drug-likeness (QED) is 0.771. The molecule has 0 amide bonds. The maximum atomic E-state index is 12.3. The van der Waals surface area contributed by atoms with Crippen molar-refractivity contribution in [2.45, 2.75) is 26.7 Å². The summed E-state index contributed by atoms with van der Waals surface area (Å²) in [5, 5.41) is 0.